The van der Waals surface area contributed by atoms with Crippen LogP contribution in [-0.2, 0) is 4.79 Å². The van der Waals surface area contributed by atoms with Crippen molar-refractivity contribution in [1.82, 2.24) is 5.32 Å². The maximum absolute atomic E-state index is 12.8. The van der Waals surface area contributed by atoms with Crippen LogP contribution >= 0.6 is 0 Å². The number of aryl methyl sites for hydroxylation is 2. The quantitative estimate of drug-likeness (QED) is 0.821. The summed E-state index contributed by atoms with van der Waals surface area (Å²) in [5.74, 6) is 3.02. The third-order valence-corrected chi connectivity index (χ3v) is 6.98. The van der Waals surface area contributed by atoms with E-state index in [1.165, 1.54) is 55.2 Å². The summed E-state index contributed by atoms with van der Waals surface area (Å²) in [5.41, 5.74) is 4.12. The Morgan fingerprint density at radius 3 is 2.29 bits per heavy atom. The van der Waals surface area contributed by atoms with Gasteiger partial charge in [0.15, 0.2) is 0 Å². The highest BCUT2D eigenvalue weighted by Crippen LogP contribution is 2.61. The standard InChI is InChI=1S/C22H31NO/c1-14-4-5-15(2)20(6-14)16(3)23-21(24)13-22-10-17-7-18(11-22)9-19(8-17)12-22/h4-6,16-19H,7-13H2,1-3H3,(H,23,24)/t16-,17?,18?,19?,22?/m0/s1. The molecule has 2 nitrogen and oxygen atoms in total. The van der Waals surface area contributed by atoms with Crippen LogP contribution in [0.15, 0.2) is 18.2 Å². The summed E-state index contributed by atoms with van der Waals surface area (Å²) in [6.45, 7) is 6.38. The Morgan fingerprint density at radius 1 is 1.12 bits per heavy atom. The molecule has 0 aromatic heterocycles. The molecule has 4 aliphatic carbocycles. The zero-order chi connectivity index (χ0) is 16.9. The second-order valence-corrected chi connectivity index (χ2v) is 9.24. The minimum absolute atomic E-state index is 0.103. The minimum atomic E-state index is 0.103. The van der Waals surface area contributed by atoms with Gasteiger partial charge in [0, 0.05) is 6.42 Å². The largest absolute Gasteiger partial charge is 0.350 e. The molecular formula is C22H31NO. The smallest absolute Gasteiger partial charge is 0.221 e. The molecule has 0 unspecified atom stereocenters. The van der Waals surface area contributed by atoms with Gasteiger partial charge in [0.25, 0.3) is 0 Å². The van der Waals surface area contributed by atoms with Crippen LogP contribution < -0.4 is 5.32 Å². The summed E-state index contributed by atoms with van der Waals surface area (Å²) in [6.07, 6.45) is 9.02. The fourth-order valence-electron chi connectivity index (χ4n) is 6.44. The molecule has 0 spiro atoms. The van der Waals surface area contributed by atoms with E-state index < -0.39 is 0 Å². The Labute approximate surface area is 146 Å². The number of hydrogen-bond acceptors (Lipinski definition) is 1. The summed E-state index contributed by atoms with van der Waals surface area (Å²) < 4.78 is 0. The first-order valence-corrected chi connectivity index (χ1v) is 9.79. The summed E-state index contributed by atoms with van der Waals surface area (Å²) >= 11 is 0. The Balaban J connectivity index is 1.42. The first-order valence-electron chi connectivity index (χ1n) is 9.79. The van der Waals surface area contributed by atoms with Gasteiger partial charge in [-0.2, -0.15) is 0 Å². The Bertz CT molecular complexity index is 612. The van der Waals surface area contributed by atoms with Gasteiger partial charge in [0.2, 0.25) is 5.91 Å². The van der Waals surface area contributed by atoms with Gasteiger partial charge in [0.1, 0.15) is 0 Å². The first-order chi connectivity index (χ1) is 11.4. The van der Waals surface area contributed by atoms with E-state index in [2.05, 4.69) is 44.3 Å². The van der Waals surface area contributed by atoms with Gasteiger partial charge in [-0.25, -0.2) is 0 Å². The van der Waals surface area contributed by atoms with Crippen molar-refractivity contribution in [3.8, 4) is 0 Å². The van der Waals surface area contributed by atoms with Gasteiger partial charge in [-0.15, -0.1) is 0 Å². The molecule has 24 heavy (non-hydrogen) atoms. The van der Waals surface area contributed by atoms with Crippen LogP contribution in [0.1, 0.15) is 74.6 Å². The van der Waals surface area contributed by atoms with E-state index >= 15 is 0 Å². The average molecular weight is 325 g/mol. The molecule has 0 saturated heterocycles. The third-order valence-electron chi connectivity index (χ3n) is 6.98. The van der Waals surface area contributed by atoms with Gasteiger partial charge in [-0.1, -0.05) is 23.8 Å². The van der Waals surface area contributed by atoms with Gasteiger partial charge in [-0.3, -0.25) is 4.79 Å². The van der Waals surface area contributed by atoms with E-state index in [1.54, 1.807) is 0 Å². The molecule has 2 heteroatoms. The second kappa shape index (κ2) is 5.89. The lowest BCUT2D eigenvalue weighted by molar-refractivity contribution is -0.130. The predicted octanol–water partition coefficient (Wildman–Crippen LogP) is 5.09. The van der Waals surface area contributed by atoms with Crippen molar-refractivity contribution in [2.45, 2.75) is 71.8 Å². The van der Waals surface area contributed by atoms with E-state index in [9.17, 15) is 4.79 Å². The number of amides is 1. The van der Waals surface area contributed by atoms with Crippen LogP contribution in [0, 0.1) is 37.0 Å². The van der Waals surface area contributed by atoms with Crippen LogP contribution in [0.25, 0.3) is 0 Å². The Kier molecular flexibility index (Phi) is 3.97. The zero-order valence-electron chi connectivity index (χ0n) is 15.4. The maximum Gasteiger partial charge on any atom is 0.221 e. The fourth-order valence-corrected chi connectivity index (χ4v) is 6.44. The van der Waals surface area contributed by atoms with Crippen molar-refractivity contribution in [2.24, 2.45) is 23.2 Å². The third kappa shape index (κ3) is 3.00. The molecule has 5 rings (SSSR count). The topological polar surface area (TPSA) is 29.1 Å². The molecule has 4 saturated carbocycles. The van der Waals surface area contributed by atoms with E-state index in [0.29, 0.717) is 5.41 Å². The molecule has 1 atom stereocenters. The second-order valence-electron chi connectivity index (χ2n) is 9.24. The first kappa shape index (κ1) is 16.2. The molecule has 1 aromatic carbocycles. The van der Waals surface area contributed by atoms with Gasteiger partial charge in [-0.05, 0) is 93.6 Å². The van der Waals surface area contributed by atoms with Crippen LogP contribution in [0.3, 0.4) is 0 Å². The number of rotatable bonds is 4. The van der Waals surface area contributed by atoms with Crippen LogP contribution in [0.4, 0.5) is 0 Å². The van der Waals surface area contributed by atoms with E-state index in [-0.39, 0.29) is 11.9 Å². The average Bonchev–Trinajstić information content (AvgIpc) is 2.47. The lowest BCUT2D eigenvalue weighted by atomic mass is 9.49. The summed E-state index contributed by atoms with van der Waals surface area (Å²) in [5, 5.41) is 3.30. The summed E-state index contributed by atoms with van der Waals surface area (Å²) in [6, 6.07) is 6.62. The number of benzene rings is 1. The number of carbonyl (C=O) groups excluding carboxylic acids is 1. The normalized spacial score (nSPS) is 35.0. The Morgan fingerprint density at radius 2 is 1.71 bits per heavy atom. The SMILES string of the molecule is Cc1ccc(C)c([C@H](C)NC(=O)CC23CC4CC(CC(C4)C2)C3)c1. The number of nitrogens with one attached hydrogen (secondary N) is 1. The van der Waals surface area contributed by atoms with Crippen molar-refractivity contribution in [1.29, 1.82) is 0 Å². The Hall–Kier alpha value is -1.31. The molecule has 0 radical (unpaired) electrons. The maximum atomic E-state index is 12.8. The van der Waals surface area contributed by atoms with Crippen molar-refractivity contribution in [3.05, 3.63) is 34.9 Å². The van der Waals surface area contributed by atoms with E-state index in [1.807, 2.05) is 0 Å². The van der Waals surface area contributed by atoms with Gasteiger partial charge in [0.05, 0.1) is 6.04 Å². The van der Waals surface area contributed by atoms with Crippen LogP contribution in [0.5, 0.6) is 0 Å². The molecule has 0 heterocycles. The molecule has 4 bridgehead atoms. The van der Waals surface area contributed by atoms with Gasteiger partial charge >= 0.3 is 0 Å². The monoisotopic (exact) mass is 325 g/mol. The lowest BCUT2D eigenvalue weighted by Crippen LogP contribution is -2.48. The highest BCUT2D eigenvalue weighted by molar-refractivity contribution is 5.77. The molecule has 1 N–H and O–H groups in total. The van der Waals surface area contributed by atoms with Crippen molar-refractivity contribution in [2.75, 3.05) is 0 Å². The molecular weight excluding hydrogens is 294 g/mol. The van der Waals surface area contributed by atoms with Crippen LogP contribution in [-0.4, -0.2) is 5.91 Å². The molecule has 4 fully saturated rings. The van der Waals surface area contributed by atoms with Crippen LogP contribution in [0.2, 0.25) is 0 Å². The number of carbonyl (C=O) groups is 1. The van der Waals surface area contributed by atoms with E-state index in [0.717, 1.165) is 24.2 Å². The molecule has 1 aromatic rings. The predicted molar refractivity (Wildman–Crippen MR) is 97.7 cm³/mol. The van der Waals surface area contributed by atoms with Crippen molar-refractivity contribution in [3.63, 3.8) is 0 Å². The highest BCUT2D eigenvalue weighted by atomic mass is 16.1. The van der Waals surface area contributed by atoms with Crippen molar-refractivity contribution >= 4 is 5.91 Å². The molecule has 1 amide bonds. The van der Waals surface area contributed by atoms with E-state index in [4.69, 9.17) is 0 Å². The zero-order valence-corrected chi connectivity index (χ0v) is 15.4. The van der Waals surface area contributed by atoms with Gasteiger partial charge < -0.3 is 5.32 Å². The lowest BCUT2D eigenvalue weighted by Gasteiger charge is -2.56. The number of hydrogen-bond donors (Lipinski definition) is 1. The minimum Gasteiger partial charge on any atom is -0.350 e. The van der Waals surface area contributed by atoms with Crippen molar-refractivity contribution < 1.29 is 4.79 Å². The molecule has 130 valence electrons. The highest BCUT2D eigenvalue weighted by Gasteiger charge is 2.51. The summed E-state index contributed by atoms with van der Waals surface area (Å²) in [4.78, 5) is 12.8. The molecule has 4 aliphatic rings. The molecule has 0 aliphatic heterocycles. The fraction of sp³-hybridized carbons (Fsp3) is 0.682. The summed E-state index contributed by atoms with van der Waals surface area (Å²) in [7, 11) is 0.